The lowest BCUT2D eigenvalue weighted by Gasteiger charge is -2.09. The number of hydrogen-bond acceptors (Lipinski definition) is 4. The van der Waals surface area contributed by atoms with Crippen molar-refractivity contribution in [1.29, 1.82) is 0 Å². The van der Waals surface area contributed by atoms with Crippen LogP contribution in [0.3, 0.4) is 0 Å². The Morgan fingerprint density at radius 1 is 1.19 bits per heavy atom. The molecule has 0 radical (unpaired) electrons. The van der Waals surface area contributed by atoms with Crippen molar-refractivity contribution in [3.05, 3.63) is 47.5 Å². The Morgan fingerprint density at radius 2 is 2.00 bits per heavy atom. The summed E-state index contributed by atoms with van der Waals surface area (Å²) in [6, 6.07) is 12.5. The number of aryl methyl sites for hydroxylation is 1. The molecule has 0 amide bonds. The number of rotatable bonds is 4. The Morgan fingerprint density at radius 3 is 2.76 bits per heavy atom. The van der Waals surface area contributed by atoms with Gasteiger partial charge in [0.05, 0.1) is 11.0 Å². The van der Waals surface area contributed by atoms with E-state index in [2.05, 4.69) is 53.5 Å². The number of thioether (sulfide) groups is 1. The first-order chi connectivity index (χ1) is 10.2. The average molecular weight is 315 g/mol. The lowest BCUT2D eigenvalue weighted by molar-refractivity contribution is 0.975. The van der Waals surface area contributed by atoms with E-state index in [0.29, 0.717) is 6.54 Å². The number of nitrogens with one attached hydrogen (secondary N) is 1. The summed E-state index contributed by atoms with van der Waals surface area (Å²) in [6.45, 7) is 2.63. The summed E-state index contributed by atoms with van der Waals surface area (Å²) in [4.78, 5) is 10.4. The fourth-order valence-electron chi connectivity index (χ4n) is 2.29. The van der Waals surface area contributed by atoms with Crippen LogP contribution in [0.5, 0.6) is 0 Å². The van der Waals surface area contributed by atoms with E-state index in [1.807, 2.05) is 6.07 Å². The maximum atomic E-state index is 5.92. The molecule has 3 rings (SSSR count). The van der Waals surface area contributed by atoms with Gasteiger partial charge in [-0.3, -0.25) is 0 Å². The van der Waals surface area contributed by atoms with Crippen molar-refractivity contribution in [2.24, 2.45) is 5.73 Å². The molecule has 0 spiro atoms. The SMILES string of the molecule is CSc1cccc(Sc2nc3ccc(C)cc3[nH]2)c1CN. The van der Waals surface area contributed by atoms with Crippen LogP contribution in [0.1, 0.15) is 11.1 Å². The first kappa shape index (κ1) is 14.5. The number of benzene rings is 2. The molecule has 0 saturated carbocycles. The summed E-state index contributed by atoms with van der Waals surface area (Å²) >= 11 is 3.37. The molecular formula is C16H17N3S2. The Hall–Kier alpha value is -1.43. The van der Waals surface area contributed by atoms with Crippen molar-refractivity contribution in [2.75, 3.05) is 6.26 Å². The number of H-pyrrole nitrogens is 1. The van der Waals surface area contributed by atoms with E-state index in [1.54, 1.807) is 23.5 Å². The topological polar surface area (TPSA) is 54.7 Å². The normalized spacial score (nSPS) is 11.2. The van der Waals surface area contributed by atoms with Crippen LogP contribution >= 0.6 is 23.5 Å². The van der Waals surface area contributed by atoms with Crippen LogP contribution in [-0.2, 0) is 6.54 Å². The summed E-state index contributed by atoms with van der Waals surface area (Å²) in [6.07, 6.45) is 2.08. The monoisotopic (exact) mass is 315 g/mol. The van der Waals surface area contributed by atoms with Gasteiger partial charge in [-0.1, -0.05) is 23.9 Å². The maximum absolute atomic E-state index is 5.92. The first-order valence-electron chi connectivity index (χ1n) is 6.71. The summed E-state index contributed by atoms with van der Waals surface area (Å²) < 4.78 is 0. The van der Waals surface area contributed by atoms with Crippen molar-refractivity contribution in [3.8, 4) is 0 Å². The predicted molar refractivity (Wildman–Crippen MR) is 91.1 cm³/mol. The van der Waals surface area contributed by atoms with Crippen LogP contribution in [0.4, 0.5) is 0 Å². The van der Waals surface area contributed by atoms with Gasteiger partial charge in [-0.15, -0.1) is 11.8 Å². The van der Waals surface area contributed by atoms with Gasteiger partial charge >= 0.3 is 0 Å². The molecule has 0 aliphatic heterocycles. The molecule has 3 N–H and O–H groups in total. The van der Waals surface area contributed by atoms with Gasteiger partial charge in [-0.25, -0.2) is 4.98 Å². The zero-order valence-electron chi connectivity index (χ0n) is 12.0. The van der Waals surface area contributed by atoms with E-state index in [0.717, 1.165) is 16.2 Å². The molecule has 1 aromatic heterocycles. The molecule has 0 fully saturated rings. The van der Waals surface area contributed by atoms with Gasteiger partial charge in [0.25, 0.3) is 0 Å². The van der Waals surface area contributed by atoms with Crippen LogP contribution in [-0.4, -0.2) is 16.2 Å². The van der Waals surface area contributed by atoms with Crippen LogP contribution in [0, 0.1) is 6.92 Å². The van der Waals surface area contributed by atoms with Crippen molar-refractivity contribution in [1.82, 2.24) is 9.97 Å². The summed E-state index contributed by atoms with van der Waals surface area (Å²) in [5.41, 5.74) is 10.4. The third kappa shape index (κ3) is 2.95. The molecule has 3 aromatic rings. The number of aromatic nitrogens is 2. The highest BCUT2D eigenvalue weighted by molar-refractivity contribution is 7.99. The second-order valence-electron chi connectivity index (χ2n) is 4.81. The lowest BCUT2D eigenvalue weighted by Crippen LogP contribution is -2.00. The number of aromatic amines is 1. The second-order valence-corrected chi connectivity index (χ2v) is 6.68. The maximum Gasteiger partial charge on any atom is 0.171 e. The molecule has 0 atom stereocenters. The fraction of sp³-hybridized carbons (Fsp3) is 0.188. The van der Waals surface area contributed by atoms with Crippen LogP contribution in [0.15, 0.2) is 51.3 Å². The van der Waals surface area contributed by atoms with E-state index < -0.39 is 0 Å². The summed E-state index contributed by atoms with van der Waals surface area (Å²) in [7, 11) is 0. The largest absolute Gasteiger partial charge is 0.333 e. The number of nitrogens with zero attached hydrogens (tertiary/aromatic N) is 1. The van der Waals surface area contributed by atoms with Gasteiger partial charge in [0.1, 0.15) is 0 Å². The molecule has 21 heavy (non-hydrogen) atoms. The standard InChI is InChI=1S/C16H17N3S2/c1-10-6-7-12-13(8-10)19-16(18-12)21-15-5-3-4-14(20-2)11(15)9-17/h3-8H,9,17H2,1-2H3,(H,18,19). The van der Waals surface area contributed by atoms with Crippen molar-refractivity contribution < 1.29 is 0 Å². The fourth-order valence-corrected chi connectivity index (χ4v) is 3.98. The molecule has 108 valence electrons. The van der Waals surface area contributed by atoms with Gasteiger partial charge in [0.2, 0.25) is 0 Å². The van der Waals surface area contributed by atoms with Crippen molar-refractivity contribution in [3.63, 3.8) is 0 Å². The zero-order chi connectivity index (χ0) is 14.8. The number of imidazole rings is 1. The van der Waals surface area contributed by atoms with Crippen LogP contribution in [0.2, 0.25) is 0 Å². The third-order valence-electron chi connectivity index (χ3n) is 3.34. The second kappa shape index (κ2) is 6.13. The van der Waals surface area contributed by atoms with Gasteiger partial charge in [-0.2, -0.15) is 0 Å². The highest BCUT2D eigenvalue weighted by atomic mass is 32.2. The number of hydrogen-bond donors (Lipinski definition) is 2. The van der Waals surface area contributed by atoms with Gasteiger partial charge in [0.15, 0.2) is 5.16 Å². The predicted octanol–water partition coefficient (Wildman–Crippen LogP) is 4.20. The van der Waals surface area contributed by atoms with Crippen molar-refractivity contribution >= 4 is 34.6 Å². The molecular weight excluding hydrogens is 298 g/mol. The quantitative estimate of drug-likeness (QED) is 0.708. The lowest BCUT2D eigenvalue weighted by atomic mass is 10.2. The van der Waals surface area contributed by atoms with E-state index in [9.17, 15) is 0 Å². The minimum absolute atomic E-state index is 0.540. The number of fused-ring (bicyclic) bond motifs is 1. The Kier molecular flexibility index (Phi) is 4.24. The highest BCUT2D eigenvalue weighted by Gasteiger charge is 2.10. The Bertz CT molecular complexity index is 780. The van der Waals surface area contributed by atoms with Crippen molar-refractivity contribution in [2.45, 2.75) is 28.4 Å². The molecule has 0 unspecified atom stereocenters. The van der Waals surface area contributed by atoms with E-state index in [-0.39, 0.29) is 0 Å². The minimum Gasteiger partial charge on any atom is -0.333 e. The van der Waals surface area contributed by atoms with Crippen LogP contribution < -0.4 is 5.73 Å². The van der Waals surface area contributed by atoms with E-state index in [4.69, 9.17) is 5.73 Å². The molecule has 5 heteroatoms. The Balaban J connectivity index is 1.98. The van der Waals surface area contributed by atoms with Gasteiger partial charge in [0, 0.05) is 16.3 Å². The molecule has 2 aromatic carbocycles. The van der Waals surface area contributed by atoms with Gasteiger partial charge < -0.3 is 10.7 Å². The molecule has 0 bridgehead atoms. The number of nitrogens with two attached hydrogens (primary N) is 1. The molecule has 0 aliphatic carbocycles. The average Bonchev–Trinajstić information content (AvgIpc) is 2.88. The minimum atomic E-state index is 0.540. The zero-order valence-corrected chi connectivity index (χ0v) is 13.6. The van der Waals surface area contributed by atoms with E-state index >= 15 is 0 Å². The van der Waals surface area contributed by atoms with Gasteiger partial charge in [-0.05, 0) is 48.6 Å². The molecule has 1 heterocycles. The smallest absolute Gasteiger partial charge is 0.171 e. The Labute approximate surface area is 132 Å². The first-order valence-corrected chi connectivity index (χ1v) is 8.75. The third-order valence-corrected chi connectivity index (χ3v) is 5.15. The molecule has 0 aliphatic rings. The molecule has 0 saturated heterocycles. The summed E-state index contributed by atoms with van der Waals surface area (Å²) in [5, 5.41) is 0.906. The highest BCUT2D eigenvalue weighted by Crippen LogP contribution is 2.34. The van der Waals surface area contributed by atoms with Crippen LogP contribution in [0.25, 0.3) is 11.0 Å². The van der Waals surface area contributed by atoms with E-state index in [1.165, 1.54) is 20.9 Å². The molecule has 3 nitrogen and oxygen atoms in total. The summed E-state index contributed by atoms with van der Waals surface area (Å²) in [5.74, 6) is 0.